The normalized spacial score (nSPS) is 31.3. The number of piperidine rings is 1. The molecule has 3 aliphatic rings. The first-order chi connectivity index (χ1) is 17.3. The summed E-state index contributed by atoms with van der Waals surface area (Å²) >= 11 is 0. The Kier molecular flexibility index (Phi) is 9.86. The van der Waals surface area contributed by atoms with Gasteiger partial charge in [-0.25, -0.2) is 4.99 Å². The Bertz CT molecular complexity index is 1010. The fourth-order valence-corrected chi connectivity index (χ4v) is 5.72. The maximum Gasteiger partial charge on any atom is 0.249 e. The zero-order valence-corrected chi connectivity index (χ0v) is 22.5. The molecule has 2 bridgehead atoms. The number of imide groups is 1. The number of carbonyl (C=O) groups excluding carboxylic acids is 2. The molecule has 0 saturated carbocycles. The summed E-state index contributed by atoms with van der Waals surface area (Å²) in [5.41, 5.74) is 1.72. The molecule has 0 aromatic rings. The minimum absolute atomic E-state index is 0.204. The third kappa shape index (κ3) is 6.43. The molecule has 194 valence electrons. The van der Waals surface area contributed by atoms with Crippen LogP contribution in [-0.4, -0.2) is 34.5 Å². The molecule has 4 unspecified atom stereocenters. The monoisotopic (exact) mass is 489 g/mol. The highest BCUT2D eigenvalue weighted by Crippen LogP contribution is 2.45. The molecular weight excluding hydrogens is 446 g/mol. The number of carbonyl (C=O) groups is 2. The summed E-state index contributed by atoms with van der Waals surface area (Å²) in [5, 5.41) is 2.57. The van der Waals surface area contributed by atoms with Gasteiger partial charge in [0.15, 0.2) is 0 Å². The Morgan fingerprint density at radius 3 is 2.75 bits per heavy atom. The van der Waals surface area contributed by atoms with Crippen LogP contribution in [0.3, 0.4) is 0 Å². The van der Waals surface area contributed by atoms with Gasteiger partial charge in [0.05, 0.1) is 5.54 Å². The molecule has 0 aromatic carbocycles. The lowest BCUT2D eigenvalue weighted by molar-refractivity contribution is -0.137. The Morgan fingerprint density at radius 2 is 2.08 bits per heavy atom. The van der Waals surface area contributed by atoms with E-state index in [0.717, 1.165) is 49.9 Å². The van der Waals surface area contributed by atoms with Crippen molar-refractivity contribution in [3.63, 3.8) is 0 Å². The predicted octanol–water partition coefficient (Wildman–Crippen LogP) is 6.58. The fraction of sp³-hybridized carbons (Fsp3) is 0.516. The van der Waals surface area contributed by atoms with Crippen LogP contribution in [0, 0.1) is 11.8 Å². The van der Waals surface area contributed by atoms with Gasteiger partial charge in [-0.3, -0.25) is 14.9 Å². The van der Waals surface area contributed by atoms with Gasteiger partial charge < -0.3 is 4.90 Å². The molecule has 0 aromatic heterocycles. The van der Waals surface area contributed by atoms with Crippen molar-refractivity contribution >= 4 is 18.0 Å². The molecule has 2 amide bonds. The number of fused-ring (bicyclic) bond motifs is 2. The fourth-order valence-electron chi connectivity index (χ4n) is 5.72. The molecule has 5 heteroatoms. The molecule has 3 heterocycles. The van der Waals surface area contributed by atoms with Crippen molar-refractivity contribution in [1.29, 1.82) is 0 Å². The number of amides is 2. The summed E-state index contributed by atoms with van der Waals surface area (Å²) in [7, 11) is 0. The number of aliphatic imine (C=N–C) groups is 1. The molecule has 5 nitrogen and oxygen atoms in total. The quantitative estimate of drug-likeness (QED) is 0.325. The molecular formula is C31H43N3O2. The van der Waals surface area contributed by atoms with E-state index in [0.29, 0.717) is 24.7 Å². The zero-order valence-electron chi connectivity index (χ0n) is 22.5. The van der Waals surface area contributed by atoms with Gasteiger partial charge in [0.2, 0.25) is 11.8 Å². The third-order valence-electron chi connectivity index (χ3n) is 7.39. The van der Waals surface area contributed by atoms with Crippen LogP contribution >= 0.6 is 0 Å². The molecule has 0 spiro atoms. The van der Waals surface area contributed by atoms with Crippen molar-refractivity contribution < 1.29 is 9.59 Å². The number of nitrogens with zero attached hydrogens (tertiary/aromatic N) is 2. The van der Waals surface area contributed by atoms with Gasteiger partial charge in [-0.2, -0.15) is 0 Å². The van der Waals surface area contributed by atoms with E-state index in [1.54, 1.807) is 0 Å². The molecule has 3 aliphatic heterocycles. The number of hydrogen-bond donors (Lipinski definition) is 1. The summed E-state index contributed by atoms with van der Waals surface area (Å²) in [6, 6.07) is -0.463. The number of hydrogen-bond acceptors (Lipinski definition) is 4. The van der Waals surface area contributed by atoms with Gasteiger partial charge in [0.1, 0.15) is 11.9 Å². The van der Waals surface area contributed by atoms with Crippen LogP contribution in [-0.2, 0) is 9.59 Å². The van der Waals surface area contributed by atoms with Crippen LogP contribution in [0.1, 0.15) is 79.1 Å². The highest BCUT2D eigenvalue weighted by atomic mass is 16.2. The second-order valence-electron chi connectivity index (χ2n) is 10.3. The van der Waals surface area contributed by atoms with Crippen LogP contribution in [0.2, 0.25) is 0 Å². The average Bonchev–Trinajstić information content (AvgIpc) is 3.11. The van der Waals surface area contributed by atoms with Gasteiger partial charge in [0, 0.05) is 19.1 Å². The SMILES string of the molecule is C=C(C)CC1=C2N=CCC(CC)C(/C=C\CC)C/C=C\C=C/C(/C=C/C)(C1)N2C1CCC(=O)NC1=O. The van der Waals surface area contributed by atoms with E-state index >= 15 is 0 Å². The van der Waals surface area contributed by atoms with E-state index in [1.165, 1.54) is 5.57 Å². The van der Waals surface area contributed by atoms with Crippen molar-refractivity contribution in [2.24, 2.45) is 16.8 Å². The second-order valence-corrected chi connectivity index (χ2v) is 10.3. The average molecular weight is 490 g/mol. The van der Waals surface area contributed by atoms with Crippen LogP contribution < -0.4 is 5.32 Å². The molecule has 0 aliphatic carbocycles. The van der Waals surface area contributed by atoms with Crippen LogP contribution in [0.25, 0.3) is 0 Å². The van der Waals surface area contributed by atoms with Crippen molar-refractivity contribution in [3.8, 4) is 0 Å². The van der Waals surface area contributed by atoms with Crippen molar-refractivity contribution in [3.05, 3.63) is 72.2 Å². The summed E-state index contributed by atoms with van der Waals surface area (Å²) in [4.78, 5) is 32.4. The van der Waals surface area contributed by atoms with Crippen LogP contribution in [0.4, 0.5) is 0 Å². The summed E-state index contributed by atoms with van der Waals surface area (Å²) < 4.78 is 0. The minimum atomic E-state index is -0.529. The Hall–Kier alpha value is -2.95. The van der Waals surface area contributed by atoms with E-state index in [-0.39, 0.29) is 11.8 Å². The Labute approximate surface area is 217 Å². The minimum Gasteiger partial charge on any atom is -0.332 e. The van der Waals surface area contributed by atoms with E-state index < -0.39 is 11.6 Å². The second kappa shape index (κ2) is 12.8. The van der Waals surface area contributed by atoms with E-state index in [2.05, 4.69) is 85.5 Å². The van der Waals surface area contributed by atoms with Crippen LogP contribution in [0.5, 0.6) is 0 Å². The number of allylic oxidation sites excluding steroid dienone is 7. The Morgan fingerprint density at radius 1 is 1.28 bits per heavy atom. The molecule has 36 heavy (non-hydrogen) atoms. The lowest BCUT2D eigenvalue weighted by Gasteiger charge is -2.42. The van der Waals surface area contributed by atoms with Gasteiger partial charge in [0.25, 0.3) is 0 Å². The smallest absolute Gasteiger partial charge is 0.249 e. The molecule has 3 rings (SSSR count). The number of rotatable bonds is 7. The molecule has 4 atom stereocenters. The maximum absolute atomic E-state index is 13.1. The van der Waals surface area contributed by atoms with Gasteiger partial charge in [-0.05, 0) is 63.4 Å². The Balaban J connectivity index is 2.14. The standard InChI is InChI=1S/C31H43N3O2/c1-6-9-13-25-14-11-10-12-19-31(18-7-2)22-26(21-23(4)5)29(32-20-17-24(25)8-3)34(31)27-15-16-28(35)33-30(27)36/h7,9-13,18-20,24-25,27H,4,6,8,14-17,21-22H2,1-3,5H3,(H,33,35,36)/b11-10-,13-9-,18-7+,19-12-,32-20?. The summed E-state index contributed by atoms with van der Waals surface area (Å²) in [6.45, 7) is 12.6. The predicted molar refractivity (Wildman–Crippen MR) is 149 cm³/mol. The largest absolute Gasteiger partial charge is 0.332 e. The van der Waals surface area contributed by atoms with E-state index in [9.17, 15) is 9.59 Å². The van der Waals surface area contributed by atoms with Gasteiger partial charge in [-0.1, -0.05) is 81.0 Å². The topological polar surface area (TPSA) is 61.8 Å². The zero-order chi connectivity index (χ0) is 26.1. The van der Waals surface area contributed by atoms with Gasteiger partial charge >= 0.3 is 0 Å². The van der Waals surface area contributed by atoms with E-state index in [1.807, 2.05) is 13.8 Å². The molecule has 1 fully saturated rings. The highest BCUT2D eigenvalue weighted by molar-refractivity contribution is 6.00. The maximum atomic E-state index is 13.1. The lowest BCUT2D eigenvalue weighted by Crippen LogP contribution is -2.57. The molecule has 1 N–H and O–H groups in total. The highest BCUT2D eigenvalue weighted by Gasteiger charge is 2.48. The van der Waals surface area contributed by atoms with Crippen LogP contribution in [0.15, 0.2) is 77.1 Å². The van der Waals surface area contributed by atoms with Crippen molar-refractivity contribution in [2.45, 2.75) is 90.6 Å². The summed E-state index contributed by atoms with van der Waals surface area (Å²) in [5.74, 6) is 1.36. The molecule has 1 saturated heterocycles. The lowest BCUT2D eigenvalue weighted by atomic mass is 9.84. The van der Waals surface area contributed by atoms with E-state index in [4.69, 9.17) is 4.99 Å². The van der Waals surface area contributed by atoms with Crippen molar-refractivity contribution in [1.82, 2.24) is 10.2 Å². The molecule has 0 radical (unpaired) electrons. The van der Waals surface area contributed by atoms with Gasteiger partial charge in [-0.15, -0.1) is 0 Å². The first-order valence-electron chi connectivity index (χ1n) is 13.5. The summed E-state index contributed by atoms with van der Waals surface area (Å²) in [6.07, 6.45) is 25.9. The first-order valence-corrected chi connectivity index (χ1v) is 13.5. The van der Waals surface area contributed by atoms with Crippen molar-refractivity contribution in [2.75, 3.05) is 0 Å². The number of nitrogens with one attached hydrogen (secondary N) is 1. The third-order valence-corrected chi connectivity index (χ3v) is 7.39. The first kappa shape index (κ1) is 27.6.